The van der Waals surface area contributed by atoms with E-state index in [0.29, 0.717) is 18.5 Å². The Morgan fingerprint density at radius 2 is 1.62 bits per heavy atom. The molecule has 0 aromatic heterocycles. The molecule has 0 aliphatic carbocycles. The van der Waals surface area contributed by atoms with Crippen molar-refractivity contribution in [3.63, 3.8) is 0 Å². The van der Waals surface area contributed by atoms with Crippen LogP contribution in [0.1, 0.15) is 55.3 Å². The number of nitrogens with zero attached hydrogens (tertiary/aromatic N) is 1. The van der Waals surface area contributed by atoms with Crippen molar-refractivity contribution < 1.29 is 9.59 Å². The molecule has 6 heteroatoms. The normalized spacial score (nSPS) is 13.5. The number of rotatable bonds is 8. The van der Waals surface area contributed by atoms with Gasteiger partial charge in [0.25, 0.3) is 5.91 Å². The Morgan fingerprint density at radius 1 is 1.00 bits per heavy atom. The van der Waals surface area contributed by atoms with Crippen molar-refractivity contribution in [2.75, 3.05) is 25.0 Å². The van der Waals surface area contributed by atoms with Crippen molar-refractivity contribution in [3.8, 4) is 0 Å². The van der Waals surface area contributed by atoms with Crippen LogP contribution in [0.4, 0.5) is 5.69 Å². The van der Waals surface area contributed by atoms with E-state index in [2.05, 4.69) is 5.32 Å². The van der Waals surface area contributed by atoms with Gasteiger partial charge in [0.15, 0.2) is 0 Å². The maximum atomic E-state index is 12.2. The summed E-state index contributed by atoms with van der Waals surface area (Å²) >= 11 is 0. The highest BCUT2D eigenvalue weighted by molar-refractivity contribution is 5.96. The van der Waals surface area contributed by atoms with Crippen LogP contribution < -0.4 is 11.1 Å². The van der Waals surface area contributed by atoms with Crippen LogP contribution in [0.15, 0.2) is 24.3 Å². The summed E-state index contributed by atoms with van der Waals surface area (Å²) in [6.07, 6.45) is 6.73. The number of hydrogen-bond acceptors (Lipinski definition) is 3. The fraction of sp³-hybridized carbons (Fsp3) is 0.556. The van der Waals surface area contributed by atoms with Gasteiger partial charge in [-0.05, 0) is 56.5 Å². The largest absolute Gasteiger partial charge is 0.339 e. The molecule has 134 valence electrons. The van der Waals surface area contributed by atoms with E-state index in [4.69, 9.17) is 5.73 Å². The SMILES string of the molecule is Cl.NCCCCCCC(=O)Nc1ccc(C(=O)N2CCCC2)cc1. The number of anilines is 1. The summed E-state index contributed by atoms with van der Waals surface area (Å²) < 4.78 is 0. The lowest BCUT2D eigenvalue weighted by atomic mass is 10.1. The van der Waals surface area contributed by atoms with Gasteiger partial charge in [-0.1, -0.05) is 12.8 Å². The van der Waals surface area contributed by atoms with Gasteiger partial charge in [0.05, 0.1) is 0 Å². The zero-order valence-electron chi connectivity index (χ0n) is 14.1. The number of nitrogens with two attached hydrogens (primary N) is 1. The van der Waals surface area contributed by atoms with E-state index < -0.39 is 0 Å². The Hall–Kier alpha value is -1.59. The van der Waals surface area contributed by atoms with Crippen LogP contribution in [0.5, 0.6) is 0 Å². The fourth-order valence-electron chi connectivity index (χ4n) is 2.81. The molecule has 1 aliphatic heterocycles. The second-order valence-corrected chi connectivity index (χ2v) is 6.08. The van der Waals surface area contributed by atoms with Crippen LogP contribution in [-0.4, -0.2) is 36.3 Å². The minimum atomic E-state index is 0. The third-order valence-corrected chi connectivity index (χ3v) is 4.17. The average molecular weight is 354 g/mol. The second kappa shape index (κ2) is 11.0. The molecule has 2 rings (SSSR count). The van der Waals surface area contributed by atoms with E-state index in [1.165, 1.54) is 0 Å². The van der Waals surface area contributed by atoms with Crippen LogP contribution in [-0.2, 0) is 4.79 Å². The van der Waals surface area contributed by atoms with E-state index >= 15 is 0 Å². The number of unbranched alkanes of at least 4 members (excludes halogenated alkanes) is 3. The third-order valence-electron chi connectivity index (χ3n) is 4.17. The molecule has 5 nitrogen and oxygen atoms in total. The minimum absolute atomic E-state index is 0. The van der Waals surface area contributed by atoms with Crippen molar-refractivity contribution >= 4 is 29.9 Å². The molecule has 1 saturated heterocycles. The molecular weight excluding hydrogens is 326 g/mol. The molecule has 3 N–H and O–H groups in total. The molecule has 1 fully saturated rings. The van der Waals surface area contributed by atoms with Gasteiger partial charge < -0.3 is 16.0 Å². The number of halogens is 1. The molecule has 0 atom stereocenters. The average Bonchev–Trinajstić information content (AvgIpc) is 3.09. The number of benzene rings is 1. The van der Waals surface area contributed by atoms with Crippen LogP contribution in [0.25, 0.3) is 0 Å². The molecule has 1 heterocycles. The van der Waals surface area contributed by atoms with E-state index in [0.717, 1.165) is 57.3 Å². The summed E-state index contributed by atoms with van der Waals surface area (Å²) in [4.78, 5) is 26.0. The molecule has 1 aromatic rings. The predicted molar refractivity (Wildman–Crippen MR) is 99.6 cm³/mol. The highest BCUT2D eigenvalue weighted by Gasteiger charge is 2.19. The molecule has 1 aromatic carbocycles. The maximum absolute atomic E-state index is 12.2. The zero-order valence-corrected chi connectivity index (χ0v) is 14.9. The monoisotopic (exact) mass is 353 g/mol. The number of likely N-dealkylation sites (tertiary alicyclic amines) is 1. The maximum Gasteiger partial charge on any atom is 0.253 e. The highest BCUT2D eigenvalue weighted by Crippen LogP contribution is 2.16. The van der Waals surface area contributed by atoms with Crippen molar-refractivity contribution in [1.82, 2.24) is 4.90 Å². The topological polar surface area (TPSA) is 75.4 Å². The zero-order chi connectivity index (χ0) is 16.5. The van der Waals surface area contributed by atoms with Gasteiger partial charge in [0.2, 0.25) is 5.91 Å². The number of amides is 2. The minimum Gasteiger partial charge on any atom is -0.339 e. The van der Waals surface area contributed by atoms with Gasteiger partial charge in [-0.3, -0.25) is 9.59 Å². The molecule has 0 unspecified atom stereocenters. The van der Waals surface area contributed by atoms with Crippen LogP contribution in [0.2, 0.25) is 0 Å². The number of hydrogen-bond donors (Lipinski definition) is 2. The second-order valence-electron chi connectivity index (χ2n) is 6.08. The van der Waals surface area contributed by atoms with E-state index in [1.54, 1.807) is 24.3 Å². The van der Waals surface area contributed by atoms with E-state index in [9.17, 15) is 9.59 Å². The molecule has 0 spiro atoms. The summed E-state index contributed by atoms with van der Waals surface area (Å²) in [6, 6.07) is 7.18. The van der Waals surface area contributed by atoms with Gasteiger partial charge in [-0.15, -0.1) is 12.4 Å². The molecule has 2 amide bonds. The van der Waals surface area contributed by atoms with Crippen LogP contribution >= 0.6 is 12.4 Å². The first-order chi connectivity index (χ1) is 11.2. The number of nitrogens with one attached hydrogen (secondary N) is 1. The van der Waals surface area contributed by atoms with Crippen LogP contribution in [0, 0.1) is 0 Å². The number of carbonyl (C=O) groups is 2. The Balaban J connectivity index is 0.00000288. The van der Waals surface area contributed by atoms with Crippen molar-refractivity contribution in [3.05, 3.63) is 29.8 Å². The summed E-state index contributed by atoms with van der Waals surface area (Å²) in [5.74, 6) is 0.108. The number of carbonyl (C=O) groups excluding carboxylic acids is 2. The van der Waals surface area contributed by atoms with Crippen molar-refractivity contribution in [2.45, 2.75) is 44.9 Å². The van der Waals surface area contributed by atoms with Crippen molar-refractivity contribution in [1.29, 1.82) is 0 Å². The molecule has 0 radical (unpaired) electrons. The fourth-order valence-corrected chi connectivity index (χ4v) is 2.81. The third kappa shape index (κ3) is 6.49. The van der Waals surface area contributed by atoms with Gasteiger partial charge in [-0.25, -0.2) is 0 Å². The van der Waals surface area contributed by atoms with Gasteiger partial charge in [0, 0.05) is 30.8 Å². The molecule has 0 saturated carbocycles. The summed E-state index contributed by atoms with van der Waals surface area (Å²) in [6.45, 7) is 2.41. The highest BCUT2D eigenvalue weighted by atomic mass is 35.5. The molecule has 24 heavy (non-hydrogen) atoms. The van der Waals surface area contributed by atoms with Gasteiger partial charge in [-0.2, -0.15) is 0 Å². The summed E-state index contributed by atoms with van der Waals surface area (Å²) in [7, 11) is 0. The van der Waals surface area contributed by atoms with Crippen molar-refractivity contribution in [2.24, 2.45) is 5.73 Å². The van der Waals surface area contributed by atoms with Gasteiger partial charge >= 0.3 is 0 Å². The van der Waals surface area contributed by atoms with E-state index in [-0.39, 0.29) is 24.2 Å². The Bertz CT molecular complexity index is 514. The smallest absolute Gasteiger partial charge is 0.253 e. The Labute approximate surface area is 150 Å². The molecule has 1 aliphatic rings. The Kier molecular flexibility index (Phi) is 9.42. The summed E-state index contributed by atoms with van der Waals surface area (Å²) in [5.41, 5.74) is 6.87. The quantitative estimate of drug-likeness (QED) is 0.705. The van der Waals surface area contributed by atoms with E-state index in [1.807, 2.05) is 4.90 Å². The van der Waals surface area contributed by atoms with Gasteiger partial charge in [0.1, 0.15) is 0 Å². The standard InChI is InChI=1S/C18H27N3O2.ClH/c19-12-4-2-1-3-7-17(22)20-16-10-8-15(9-11-16)18(23)21-13-5-6-14-21;/h8-11H,1-7,12-14,19H2,(H,20,22);1H. The first kappa shape index (κ1) is 20.5. The molecule has 0 bridgehead atoms. The molecular formula is C18H28ClN3O2. The lowest BCUT2D eigenvalue weighted by Gasteiger charge is -2.15. The summed E-state index contributed by atoms with van der Waals surface area (Å²) in [5, 5.41) is 2.88. The van der Waals surface area contributed by atoms with Crippen LogP contribution in [0.3, 0.4) is 0 Å². The first-order valence-electron chi connectivity index (χ1n) is 8.60. The lowest BCUT2D eigenvalue weighted by Crippen LogP contribution is -2.27. The predicted octanol–water partition coefficient (Wildman–Crippen LogP) is 3.19. The lowest BCUT2D eigenvalue weighted by molar-refractivity contribution is -0.116. The Morgan fingerprint density at radius 3 is 2.25 bits per heavy atom. The first-order valence-corrected chi connectivity index (χ1v) is 8.60.